The van der Waals surface area contributed by atoms with E-state index in [2.05, 4.69) is 22.0 Å². The van der Waals surface area contributed by atoms with Gasteiger partial charge in [-0.1, -0.05) is 23.5 Å². The number of anilines is 1. The first kappa shape index (κ1) is 23.6. The van der Waals surface area contributed by atoms with Gasteiger partial charge in [0.2, 0.25) is 18.4 Å². The van der Waals surface area contributed by atoms with E-state index in [0.717, 1.165) is 28.4 Å². The van der Waals surface area contributed by atoms with Crippen molar-refractivity contribution in [2.24, 2.45) is 5.16 Å². The Morgan fingerprint density at radius 1 is 1.47 bits per heavy atom. The van der Waals surface area contributed by atoms with Crippen molar-refractivity contribution in [3.63, 3.8) is 0 Å². The minimum absolute atomic E-state index is 0.0416. The lowest BCUT2D eigenvalue weighted by Crippen LogP contribution is -2.72. The molecule has 12 nitrogen and oxygen atoms in total. The molecule has 1 aromatic heterocycles. The molecule has 0 aliphatic carbocycles. The highest BCUT2D eigenvalue weighted by atomic mass is 32.2. The summed E-state index contributed by atoms with van der Waals surface area (Å²) in [6.45, 7) is 2.82. The predicted molar refractivity (Wildman–Crippen MR) is 118 cm³/mol. The fourth-order valence-electron chi connectivity index (χ4n) is 2.99. The zero-order valence-corrected chi connectivity index (χ0v) is 18.7. The van der Waals surface area contributed by atoms with Crippen LogP contribution in [0.25, 0.3) is 0 Å². The molecule has 5 N–H and O–H groups in total. The molecule has 0 bridgehead atoms. The fourth-order valence-corrected chi connectivity index (χ4v) is 5.55. The average molecular weight is 500 g/mol. The van der Waals surface area contributed by atoms with Crippen LogP contribution in [-0.2, 0) is 30.4 Å². The summed E-state index contributed by atoms with van der Waals surface area (Å²) in [6, 6.07) is 0. The number of nitrogen functional groups attached to an aromatic ring is 1. The number of nitrogens with two attached hydrogens (primary N) is 1. The Balaban J connectivity index is 1.96. The minimum atomic E-state index is -1.45. The molecular formula is C17H17N5O7S3. The summed E-state index contributed by atoms with van der Waals surface area (Å²) in [5.41, 5.74) is 5.77. The van der Waals surface area contributed by atoms with E-state index in [1.165, 1.54) is 16.7 Å². The topological polar surface area (TPSA) is 185 Å². The van der Waals surface area contributed by atoms with E-state index in [9.17, 15) is 24.3 Å². The second-order valence-electron chi connectivity index (χ2n) is 6.37. The van der Waals surface area contributed by atoms with E-state index in [1.54, 1.807) is 5.38 Å². The molecule has 1 atom stereocenters. The van der Waals surface area contributed by atoms with Crippen LogP contribution in [0, 0.1) is 0 Å². The number of amides is 2. The first-order valence-corrected chi connectivity index (χ1v) is 11.6. The summed E-state index contributed by atoms with van der Waals surface area (Å²) in [5.74, 6) is -3.61. The van der Waals surface area contributed by atoms with Crippen LogP contribution in [0.2, 0.25) is 0 Å². The smallest absolute Gasteiger partial charge is 0.353 e. The van der Waals surface area contributed by atoms with E-state index in [4.69, 9.17) is 15.7 Å². The molecule has 0 aromatic carbocycles. The molecule has 0 radical (unpaired) electrons. The quantitative estimate of drug-likeness (QED) is 0.262. The highest BCUT2D eigenvalue weighted by molar-refractivity contribution is 8.15. The van der Waals surface area contributed by atoms with Crippen molar-refractivity contribution in [3.05, 3.63) is 34.3 Å². The average Bonchev–Trinajstić information content (AvgIpc) is 3.10. The van der Waals surface area contributed by atoms with E-state index >= 15 is 0 Å². The fraction of sp³-hybridized carbons (Fsp3) is 0.294. The summed E-state index contributed by atoms with van der Waals surface area (Å²) in [6.07, 6.45) is -0.329. The lowest BCUT2D eigenvalue weighted by Gasteiger charge is -2.53. The van der Waals surface area contributed by atoms with Gasteiger partial charge in [0.05, 0.1) is 18.5 Å². The predicted octanol–water partition coefficient (Wildman–Crippen LogP) is 0.647. The third-order valence-electron chi connectivity index (χ3n) is 4.16. The molecule has 0 saturated carbocycles. The Labute approximate surface area is 193 Å². The van der Waals surface area contributed by atoms with Crippen molar-refractivity contribution >= 4 is 68.8 Å². The molecule has 3 rings (SSSR count). The van der Waals surface area contributed by atoms with Crippen molar-refractivity contribution in [2.45, 2.75) is 17.8 Å². The number of carboxylic acid groups (broad SMARTS) is 2. The van der Waals surface area contributed by atoms with Gasteiger partial charge < -0.3 is 26.1 Å². The maximum absolute atomic E-state index is 12.7. The van der Waals surface area contributed by atoms with Gasteiger partial charge in [0.25, 0.3) is 0 Å². The SMILES string of the molecule is C=CSCC1=C(C(=O)O)N2C(=O)C[C@@]2(NC(=O)Cc2csc(N)n2)SC1=NOCC(=O)O. The Hall–Kier alpha value is -3.04. The first-order chi connectivity index (χ1) is 15.2. The number of nitrogens with zero attached hydrogens (tertiary/aromatic N) is 3. The molecule has 0 spiro atoms. The zero-order chi connectivity index (χ0) is 23.5. The Morgan fingerprint density at radius 3 is 2.78 bits per heavy atom. The van der Waals surface area contributed by atoms with E-state index in [0.29, 0.717) is 10.8 Å². The van der Waals surface area contributed by atoms with Gasteiger partial charge in [-0.15, -0.1) is 23.1 Å². The number of oxime groups is 1. The minimum Gasteiger partial charge on any atom is -0.479 e. The summed E-state index contributed by atoms with van der Waals surface area (Å²) in [4.78, 5) is 56.3. The summed E-state index contributed by atoms with van der Waals surface area (Å²) in [5, 5.41) is 28.5. The van der Waals surface area contributed by atoms with Gasteiger partial charge >= 0.3 is 11.9 Å². The molecule has 3 heterocycles. The number of aliphatic carboxylic acids is 2. The number of thiazole rings is 1. The molecule has 1 aromatic rings. The van der Waals surface area contributed by atoms with E-state index in [1.807, 2.05) is 0 Å². The third-order valence-corrected chi connectivity index (χ3v) is 6.86. The maximum atomic E-state index is 12.7. The van der Waals surface area contributed by atoms with Crippen LogP contribution < -0.4 is 11.1 Å². The van der Waals surface area contributed by atoms with Crippen LogP contribution in [0.5, 0.6) is 0 Å². The molecular weight excluding hydrogens is 482 g/mol. The Bertz CT molecular complexity index is 1050. The molecule has 1 fully saturated rings. The summed E-state index contributed by atoms with van der Waals surface area (Å²) >= 11 is 3.23. The van der Waals surface area contributed by atoms with Crippen LogP contribution in [0.4, 0.5) is 5.13 Å². The largest absolute Gasteiger partial charge is 0.479 e. The molecule has 0 unspecified atom stereocenters. The summed E-state index contributed by atoms with van der Waals surface area (Å²) in [7, 11) is 0. The number of β-lactam (4-membered cyclic amide) rings is 1. The van der Waals surface area contributed by atoms with Gasteiger partial charge in [0.15, 0.2) is 10.1 Å². The van der Waals surface area contributed by atoms with Crippen LogP contribution >= 0.6 is 34.9 Å². The first-order valence-electron chi connectivity index (χ1n) is 8.81. The van der Waals surface area contributed by atoms with Crippen LogP contribution in [0.3, 0.4) is 0 Å². The number of thioether (sulfide) groups is 2. The normalized spacial score (nSPS) is 21.1. The van der Waals surface area contributed by atoms with Gasteiger partial charge in [0.1, 0.15) is 10.7 Å². The second kappa shape index (κ2) is 9.62. The lowest BCUT2D eigenvalue weighted by molar-refractivity contribution is -0.154. The molecule has 32 heavy (non-hydrogen) atoms. The Morgan fingerprint density at radius 2 is 2.22 bits per heavy atom. The van der Waals surface area contributed by atoms with Crippen LogP contribution in [0.1, 0.15) is 12.1 Å². The number of nitrogens with one attached hydrogen (secondary N) is 1. The van der Waals surface area contributed by atoms with Crippen molar-refractivity contribution in [1.29, 1.82) is 0 Å². The van der Waals surface area contributed by atoms with Crippen molar-refractivity contribution < 1.29 is 34.2 Å². The number of carbonyl (C=O) groups is 4. The molecule has 1 saturated heterocycles. The molecule has 170 valence electrons. The van der Waals surface area contributed by atoms with E-state index < -0.39 is 35.4 Å². The zero-order valence-electron chi connectivity index (χ0n) is 16.3. The number of hydrogen-bond acceptors (Lipinski definition) is 11. The highest BCUT2D eigenvalue weighted by Crippen LogP contribution is 2.49. The number of carbonyl (C=O) groups excluding carboxylic acids is 2. The van der Waals surface area contributed by atoms with Crippen LogP contribution in [0.15, 0.2) is 33.8 Å². The van der Waals surface area contributed by atoms with Crippen molar-refractivity contribution in [2.75, 3.05) is 18.1 Å². The second-order valence-corrected chi connectivity index (χ2v) is 9.48. The number of aromatic nitrogens is 1. The highest BCUT2D eigenvalue weighted by Gasteiger charge is 2.60. The number of fused-ring (bicyclic) bond motifs is 1. The number of carboxylic acids is 2. The molecule has 2 aliphatic heterocycles. The van der Waals surface area contributed by atoms with Gasteiger partial charge in [0, 0.05) is 16.7 Å². The molecule has 2 amide bonds. The standard InChI is InChI=1S/C17H17N5O7S3/c1-2-30-7-9-13(15(27)28)22-11(24)4-17(22,32-14(9)21-29-5-12(25)26)20-10(23)3-8-6-31-16(18)19-8/h2,6H,1,3-5,7H2,(H2,18,19)(H,20,23)(H,25,26)(H,27,28)/t17-/m0/s1. The number of rotatable bonds is 10. The van der Waals surface area contributed by atoms with Crippen LogP contribution in [-0.4, -0.2) is 66.2 Å². The molecule has 2 aliphatic rings. The van der Waals surface area contributed by atoms with Crippen molar-refractivity contribution in [3.8, 4) is 0 Å². The maximum Gasteiger partial charge on any atom is 0.353 e. The van der Waals surface area contributed by atoms with Gasteiger partial charge in [-0.25, -0.2) is 14.6 Å². The van der Waals surface area contributed by atoms with Gasteiger partial charge in [-0.2, -0.15) is 0 Å². The van der Waals surface area contributed by atoms with Gasteiger partial charge in [-0.3, -0.25) is 14.5 Å². The number of hydrogen-bond donors (Lipinski definition) is 4. The molecule has 15 heteroatoms. The van der Waals surface area contributed by atoms with Crippen molar-refractivity contribution in [1.82, 2.24) is 15.2 Å². The summed E-state index contributed by atoms with van der Waals surface area (Å²) < 4.78 is 0. The van der Waals surface area contributed by atoms with E-state index in [-0.39, 0.29) is 34.9 Å². The Kier molecular flexibility index (Phi) is 7.10. The monoisotopic (exact) mass is 499 g/mol. The van der Waals surface area contributed by atoms with Gasteiger partial charge in [-0.05, 0) is 5.41 Å². The third kappa shape index (κ3) is 4.89. The lowest BCUT2D eigenvalue weighted by atomic mass is 10.0.